The summed E-state index contributed by atoms with van der Waals surface area (Å²) >= 11 is 1.75. The van der Waals surface area contributed by atoms with Crippen LogP contribution >= 0.6 is 11.3 Å². The Morgan fingerprint density at radius 1 is 0.771 bits per heavy atom. The van der Waals surface area contributed by atoms with Gasteiger partial charge in [0.2, 0.25) is 0 Å². The molecule has 3 N–H and O–H groups in total. The number of amidine groups is 2. The van der Waals surface area contributed by atoms with Crippen molar-refractivity contribution in [1.29, 1.82) is 0 Å². The third kappa shape index (κ3) is 3.72. The molecule has 5 heterocycles. The van der Waals surface area contributed by atoms with Crippen LogP contribution in [0.2, 0.25) is 0 Å². The van der Waals surface area contributed by atoms with Gasteiger partial charge in [-0.25, -0.2) is 0 Å². The second-order valence-corrected chi connectivity index (χ2v) is 10.1. The average Bonchev–Trinajstić information content (AvgIpc) is 3.66. The van der Waals surface area contributed by atoms with Crippen molar-refractivity contribution in [3.63, 3.8) is 0 Å². The summed E-state index contributed by atoms with van der Waals surface area (Å²) in [7, 11) is 0. The molecule has 0 amide bonds. The molecule has 2 aliphatic rings. The molecule has 2 aromatic carbocycles. The molecule has 7 heteroatoms. The number of aromatic amines is 1. The maximum atomic E-state index is 6.29. The fraction of sp³-hybridized carbons (Fsp3) is 0.214. The number of aliphatic imine (C=N–C) groups is 2. The Bertz CT molecular complexity index is 1620. The number of thiophene rings is 1. The lowest BCUT2D eigenvalue weighted by molar-refractivity contribution is 0.633. The monoisotopic (exact) mass is 479 g/mol. The van der Waals surface area contributed by atoms with Gasteiger partial charge in [0.25, 0.3) is 0 Å². The lowest BCUT2D eigenvalue weighted by Gasteiger charge is -2.14. The second-order valence-electron chi connectivity index (χ2n) is 9.01. The minimum atomic E-state index is 0.878. The molecule has 3 aromatic heterocycles. The lowest BCUT2D eigenvalue weighted by atomic mass is 10.1. The first-order valence-corrected chi connectivity index (χ1v) is 13.0. The molecule has 7 rings (SSSR count). The Balaban J connectivity index is 1.20. The molecule has 5 aromatic rings. The van der Waals surface area contributed by atoms with Gasteiger partial charge in [-0.15, -0.1) is 11.3 Å². The summed E-state index contributed by atoms with van der Waals surface area (Å²) in [6.07, 6.45) is 4.28. The highest BCUT2D eigenvalue weighted by atomic mass is 32.1. The van der Waals surface area contributed by atoms with Gasteiger partial charge >= 0.3 is 0 Å². The van der Waals surface area contributed by atoms with Gasteiger partial charge in [-0.1, -0.05) is 24.3 Å². The zero-order chi connectivity index (χ0) is 23.2. The standard InChI is InChI=1S/C28H25N5OS/c1-9-29-27(30-10-1)18-5-6-20-21(16-33-22(20)13-18)25-7-8-26(35-25)24-14-17-3-4-19(15-23(17)34-24)28-31-11-2-12-32-28/h3-8,13-16,33H,1-2,9-12H2,(H,29,30)(H,31,32). The zero-order valence-electron chi connectivity index (χ0n) is 19.2. The van der Waals surface area contributed by atoms with E-state index in [0.29, 0.717) is 0 Å². The summed E-state index contributed by atoms with van der Waals surface area (Å²) in [4.78, 5) is 15.0. The van der Waals surface area contributed by atoms with Crippen LogP contribution in [0.15, 0.2) is 75.2 Å². The number of hydrogen-bond donors (Lipinski definition) is 3. The molecule has 0 spiro atoms. The summed E-state index contributed by atoms with van der Waals surface area (Å²) in [6.45, 7) is 3.73. The molecule has 2 aliphatic heterocycles. The third-order valence-electron chi connectivity index (χ3n) is 6.66. The highest BCUT2D eigenvalue weighted by Crippen LogP contribution is 2.39. The largest absolute Gasteiger partial charge is 0.455 e. The maximum Gasteiger partial charge on any atom is 0.145 e. The topological polar surface area (TPSA) is 77.7 Å². The predicted molar refractivity (Wildman–Crippen MR) is 145 cm³/mol. The molecule has 0 saturated heterocycles. The van der Waals surface area contributed by atoms with Crippen LogP contribution in [0.5, 0.6) is 0 Å². The van der Waals surface area contributed by atoms with Crippen molar-refractivity contribution < 1.29 is 4.42 Å². The van der Waals surface area contributed by atoms with Crippen LogP contribution in [0, 0.1) is 0 Å². The van der Waals surface area contributed by atoms with Crippen LogP contribution in [0.4, 0.5) is 0 Å². The van der Waals surface area contributed by atoms with Crippen molar-refractivity contribution in [1.82, 2.24) is 15.6 Å². The lowest BCUT2D eigenvalue weighted by Crippen LogP contribution is -2.30. The molecule has 0 fully saturated rings. The second kappa shape index (κ2) is 8.43. The van der Waals surface area contributed by atoms with Crippen LogP contribution < -0.4 is 10.6 Å². The number of fused-ring (bicyclic) bond motifs is 2. The Labute approximate surface area is 206 Å². The minimum Gasteiger partial charge on any atom is -0.455 e. The van der Waals surface area contributed by atoms with Gasteiger partial charge < -0.3 is 20.0 Å². The Morgan fingerprint density at radius 3 is 2.29 bits per heavy atom. The fourth-order valence-corrected chi connectivity index (χ4v) is 5.83. The smallest absolute Gasteiger partial charge is 0.145 e. The molecule has 0 bridgehead atoms. The molecule has 0 aliphatic carbocycles. The summed E-state index contributed by atoms with van der Waals surface area (Å²) in [5.74, 6) is 2.85. The van der Waals surface area contributed by atoms with Gasteiger partial charge in [0.1, 0.15) is 23.0 Å². The summed E-state index contributed by atoms with van der Waals surface area (Å²) in [5, 5.41) is 9.12. The average molecular weight is 480 g/mol. The predicted octanol–water partition coefficient (Wildman–Crippen LogP) is 5.79. The number of nitrogens with one attached hydrogen (secondary N) is 3. The Hall–Kier alpha value is -3.84. The van der Waals surface area contributed by atoms with Gasteiger partial charge in [-0.3, -0.25) is 9.98 Å². The summed E-state index contributed by atoms with van der Waals surface area (Å²) in [6, 6.07) is 19.3. The molecule has 0 radical (unpaired) electrons. The molecule has 0 unspecified atom stereocenters. The van der Waals surface area contributed by atoms with Crippen molar-refractivity contribution in [2.75, 3.05) is 26.2 Å². The third-order valence-corrected chi connectivity index (χ3v) is 7.79. The van der Waals surface area contributed by atoms with E-state index in [1.165, 1.54) is 15.8 Å². The van der Waals surface area contributed by atoms with E-state index in [4.69, 9.17) is 4.42 Å². The number of benzene rings is 2. The van der Waals surface area contributed by atoms with Gasteiger partial charge in [-0.2, -0.15) is 0 Å². The van der Waals surface area contributed by atoms with E-state index in [-0.39, 0.29) is 0 Å². The van der Waals surface area contributed by atoms with Crippen LogP contribution in [-0.4, -0.2) is 42.8 Å². The van der Waals surface area contributed by atoms with Crippen molar-refractivity contribution in [2.45, 2.75) is 12.8 Å². The van der Waals surface area contributed by atoms with E-state index < -0.39 is 0 Å². The highest BCUT2D eigenvalue weighted by molar-refractivity contribution is 7.18. The Kier molecular flexibility index (Phi) is 4.94. The van der Waals surface area contributed by atoms with Gasteiger partial charge in [-0.05, 0) is 43.2 Å². The summed E-state index contributed by atoms with van der Waals surface area (Å²) < 4.78 is 6.29. The number of rotatable bonds is 4. The quantitative estimate of drug-likeness (QED) is 0.305. The van der Waals surface area contributed by atoms with Gasteiger partial charge in [0.15, 0.2) is 0 Å². The van der Waals surface area contributed by atoms with Crippen molar-refractivity contribution in [2.24, 2.45) is 9.98 Å². The SMILES string of the molecule is c1cc2c(-c3ccc(-c4cc5ccc(C6=NCCCN6)cc5o4)s3)c[nH]c2cc1C1=NCCCN1. The molecule has 0 saturated carbocycles. The maximum absolute atomic E-state index is 6.29. The van der Waals surface area contributed by atoms with Crippen LogP contribution in [-0.2, 0) is 0 Å². The van der Waals surface area contributed by atoms with Gasteiger partial charge in [0, 0.05) is 70.2 Å². The number of hydrogen-bond acceptors (Lipinski definition) is 6. The van der Waals surface area contributed by atoms with Crippen molar-refractivity contribution in [3.05, 3.63) is 71.9 Å². The normalized spacial score (nSPS) is 16.1. The van der Waals surface area contributed by atoms with E-state index >= 15 is 0 Å². The Morgan fingerprint density at radius 2 is 1.51 bits per heavy atom. The van der Waals surface area contributed by atoms with Crippen LogP contribution in [0.25, 0.3) is 43.0 Å². The number of H-pyrrole nitrogens is 1. The summed E-state index contributed by atoms with van der Waals surface area (Å²) in [5.41, 5.74) is 5.44. The first-order valence-electron chi connectivity index (χ1n) is 12.1. The van der Waals surface area contributed by atoms with E-state index in [0.717, 1.165) is 88.9 Å². The molecule has 6 nitrogen and oxygen atoms in total. The van der Waals surface area contributed by atoms with Crippen molar-refractivity contribution in [3.8, 4) is 21.1 Å². The first kappa shape index (κ1) is 20.5. The van der Waals surface area contributed by atoms with Crippen LogP contribution in [0.1, 0.15) is 24.0 Å². The van der Waals surface area contributed by atoms with Crippen LogP contribution in [0.3, 0.4) is 0 Å². The molecule has 174 valence electrons. The molecule has 0 atom stereocenters. The number of nitrogens with zero attached hydrogens (tertiary/aromatic N) is 2. The highest BCUT2D eigenvalue weighted by Gasteiger charge is 2.15. The molecule has 35 heavy (non-hydrogen) atoms. The van der Waals surface area contributed by atoms with E-state index in [1.807, 2.05) is 0 Å². The number of aromatic nitrogens is 1. The molecular formula is C28H25N5OS. The molecular weight excluding hydrogens is 454 g/mol. The van der Waals surface area contributed by atoms with E-state index in [1.54, 1.807) is 11.3 Å². The minimum absolute atomic E-state index is 0.878. The van der Waals surface area contributed by atoms with Crippen molar-refractivity contribution >= 4 is 44.9 Å². The number of furan rings is 1. The zero-order valence-corrected chi connectivity index (χ0v) is 20.0. The van der Waals surface area contributed by atoms with Gasteiger partial charge in [0.05, 0.1) is 4.88 Å². The fourth-order valence-electron chi connectivity index (χ4n) is 4.84. The first-order chi connectivity index (χ1) is 17.3. The van der Waals surface area contributed by atoms with E-state index in [9.17, 15) is 0 Å². The van der Waals surface area contributed by atoms with E-state index in [2.05, 4.69) is 86.4 Å².